The highest BCUT2D eigenvalue weighted by Crippen LogP contribution is 2.36. The third-order valence-corrected chi connectivity index (χ3v) is 5.48. The Kier molecular flexibility index (Phi) is 9.52. The number of esters is 3. The van der Waals surface area contributed by atoms with E-state index < -0.39 is 48.2 Å². The molecule has 2 amide bonds. The lowest BCUT2D eigenvalue weighted by Crippen LogP contribution is -2.51. The number of fused-ring (bicyclic) bond motifs is 1. The summed E-state index contributed by atoms with van der Waals surface area (Å²) < 4.78 is 21.1. The Hall–Kier alpha value is -3.28. The lowest BCUT2D eigenvalue weighted by Gasteiger charge is -2.24. The Morgan fingerprint density at radius 2 is 1.74 bits per heavy atom. The van der Waals surface area contributed by atoms with Gasteiger partial charge in [-0.05, 0) is 27.7 Å². The van der Waals surface area contributed by atoms with Crippen LogP contribution in [0.1, 0.15) is 56.1 Å². The molecule has 1 aliphatic heterocycles. The van der Waals surface area contributed by atoms with E-state index in [2.05, 4.69) is 10.6 Å². The quantitative estimate of drug-likeness (QED) is 0.458. The fraction of sp³-hybridized carbons (Fsp3) is 0.522. The van der Waals surface area contributed by atoms with Crippen LogP contribution in [0.25, 0.3) is 0 Å². The summed E-state index contributed by atoms with van der Waals surface area (Å²) in [7, 11) is 0. The zero-order valence-electron chi connectivity index (χ0n) is 20.6. The summed E-state index contributed by atoms with van der Waals surface area (Å²) >= 11 is 1.37. The van der Waals surface area contributed by atoms with Crippen LogP contribution < -0.4 is 20.1 Å². The highest BCUT2D eigenvalue weighted by Gasteiger charge is 2.29. The van der Waals surface area contributed by atoms with E-state index in [0.29, 0.717) is 16.9 Å². The summed E-state index contributed by atoms with van der Waals surface area (Å²) in [5, 5.41) is 5.10. The lowest BCUT2D eigenvalue weighted by molar-refractivity contribution is -0.132. The number of alkyl carbamates (subject to hydrolysis) is 1. The average molecular weight is 511 g/mol. The van der Waals surface area contributed by atoms with Crippen LogP contribution in [-0.4, -0.2) is 60.5 Å². The third-order valence-electron chi connectivity index (χ3n) is 4.50. The van der Waals surface area contributed by atoms with Gasteiger partial charge in [0.1, 0.15) is 29.7 Å². The molecule has 0 spiro atoms. The van der Waals surface area contributed by atoms with Gasteiger partial charge in [-0.15, -0.1) is 0 Å². The number of hydrogen-bond donors (Lipinski definition) is 2. The van der Waals surface area contributed by atoms with Crippen molar-refractivity contribution in [3.05, 3.63) is 22.8 Å². The fourth-order valence-electron chi connectivity index (χ4n) is 3.12. The molecule has 192 valence electrons. The minimum Gasteiger partial charge on any atom is -0.459 e. The summed E-state index contributed by atoms with van der Waals surface area (Å²) in [5.74, 6) is -1.83. The van der Waals surface area contributed by atoms with Crippen LogP contribution in [0.2, 0.25) is 0 Å². The van der Waals surface area contributed by atoms with E-state index in [1.165, 1.54) is 31.7 Å². The maximum absolute atomic E-state index is 13.2. The minimum absolute atomic E-state index is 0.0303. The molecule has 0 unspecified atom stereocenters. The van der Waals surface area contributed by atoms with E-state index in [4.69, 9.17) is 18.9 Å². The van der Waals surface area contributed by atoms with Gasteiger partial charge in [-0.25, -0.2) is 9.59 Å². The maximum atomic E-state index is 13.2. The second kappa shape index (κ2) is 11.9. The van der Waals surface area contributed by atoms with Crippen LogP contribution in [-0.2, 0) is 29.6 Å². The smallest absolute Gasteiger partial charge is 0.408 e. The Labute approximate surface area is 207 Å². The largest absolute Gasteiger partial charge is 0.459 e. The van der Waals surface area contributed by atoms with Crippen LogP contribution >= 0.6 is 11.8 Å². The predicted octanol–water partition coefficient (Wildman–Crippen LogP) is 2.26. The number of benzene rings is 1. The van der Waals surface area contributed by atoms with Gasteiger partial charge in [-0.2, -0.15) is 11.8 Å². The number of carbonyl (C=O) groups excluding carboxylic acids is 5. The van der Waals surface area contributed by atoms with Crippen molar-refractivity contribution in [3.8, 4) is 11.5 Å². The van der Waals surface area contributed by atoms with Crippen LogP contribution in [0.5, 0.6) is 11.5 Å². The number of thioether (sulfide) groups is 1. The molecule has 1 atom stereocenters. The van der Waals surface area contributed by atoms with Crippen molar-refractivity contribution in [2.24, 2.45) is 0 Å². The Bertz CT molecular complexity index is 1020. The van der Waals surface area contributed by atoms with E-state index in [0.717, 1.165) is 0 Å². The molecule has 0 radical (unpaired) electrons. The van der Waals surface area contributed by atoms with Crippen LogP contribution in [0.15, 0.2) is 6.07 Å². The highest BCUT2D eigenvalue weighted by atomic mass is 32.2. The Balaban J connectivity index is 2.45. The number of ether oxygens (including phenoxy) is 4. The minimum atomic E-state index is -1.22. The molecular formula is C23H30N2O9S. The third kappa shape index (κ3) is 8.46. The summed E-state index contributed by atoms with van der Waals surface area (Å²) in [4.78, 5) is 61.3. The van der Waals surface area contributed by atoms with E-state index in [1.54, 1.807) is 27.7 Å². The molecule has 1 aromatic carbocycles. The van der Waals surface area contributed by atoms with Gasteiger partial charge in [0.2, 0.25) is 5.91 Å². The van der Waals surface area contributed by atoms with Crippen molar-refractivity contribution in [1.29, 1.82) is 0 Å². The first-order chi connectivity index (χ1) is 16.3. The van der Waals surface area contributed by atoms with Crippen LogP contribution in [0.4, 0.5) is 4.79 Å². The first kappa shape index (κ1) is 28.0. The monoisotopic (exact) mass is 510 g/mol. The number of hydrogen-bond acceptors (Lipinski definition) is 10. The molecular weight excluding hydrogens is 480 g/mol. The second-order valence-electron chi connectivity index (χ2n) is 8.68. The maximum Gasteiger partial charge on any atom is 0.408 e. The first-order valence-corrected chi connectivity index (χ1v) is 12.0. The molecule has 2 N–H and O–H groups in total. The SMILES string of the molecule is CC(=O)Oc1cc(OC(C)=O)c2c(c1C)C(=O)OC[C@H](NC(=O)OC(C)(C)C)C(=O)NCCSC2. The number of carbonyl (C=O) groups is 5. The molecule has 0 saturated carbocycles. The van der Waals surface area contributed by atoms with Crippen molar-refractivity contribution in [2.75, 3.05) is 18.9 Å². The van der Waals surface area contributed by atoms with Crippen molar-refractivity contribution in [2.45, 2.75) is 58.9 Å². The summed E-state index contributed by atoms with van der Waals surface area (Å²) in [6.45, 7) is 8.77. The van der Waals surface area contributed by atoms with E-state index in [9.17, 15) is 24.0 Å². The van der Waals surface area contributed by atoms with Crippen molar-refractivity contribution >= 4 is 41.7 Å². The van der Waals surface area contributed by atoms with Gasteiger partial charge in [-0.1, -0.05) is 0 Å². The van der Waals surface area contributed by atoms with E-state index >= 15 is 0 Å². The molecule has 2 rings (SSSR count). The van der Waals surface area contributed by atoms with Crippen molar-refractivity contribution < 1.29 is 42.9 Å². The predicted molar refractivity (Wildman–Crippen MR) is 126 cm³/mol. The van der Waals surface area contributed by atoms with Gasteiger partial charge in [0.05, 0.1) is 5.56 Å². The molecule has 11 nitrogen and oxygen atoms in total. The van der Waals surface area contributed by atoms with Crippen molar-refractivity contribution in [3.63, 3.8) is 0 Å². The number of nitrogens with one attached hydrogen (secondary N) is 2. The molecule has 0 bridgehead atoms. The summed E-state index contributed by atoms with van der Waals surface area (Å²) in [5.41, 5.74) is -0.0678. The second-order valence-corrected chi connectivity index (χ2v) is 9.78. The van der Waals surface area contributed by atoms with Gasteiger partial charge in [0.25, 0.3) is 0 Å². The van der Waals surface area contributed by atoms with E-state index in [1.807, 2.05) is 0 Å². The number of rotatable bonds is 3. The zero-order valence-corrected chi connectivity index (χ0v) is 21.4. The fourth-order valence-corrected chi connectivity index (χ4v) is 4.00. The van der Waals surface area contributed by atoms with Gasteiger partial charge in [0.15, 0.2) is 0 Å². The van der Waals surface area contributed by atoms with Gasteiger partial charge < -0.3 is 29.6 Å². The van der Waals surface area contributed by atoms with Crippen molar-refractivity contribution in [1.82, 2.24) is 10.6 Å². The highest BCUT2D eigenvalue weighted by molar-refractivity contribution is 7.98. The lowest BCUT2D eigenvalue weighted by atomic mass is 10.0. The standard InChI is InChI=1S/C23H30N2O9S/c1-12-17(32-13(2)26)9-18(33-14(3)27)15-11-35-8-7-24-20(28)16(10-31-21(29)19(12)15)25-22(30)34-23(4,5)6/h9,16H,7-8,10-11H2,1-6H3,(H,24,28)(H,25,30)/t16-/m0/s1. The number of amides is 2. The van der Waals surface area contributed by atoms with Crippen LogP contribution in [0, 0.1) is 6.92 Å². The topological polar surface area (TPSA) is 146 Å². The molecule has 1 heterocycles. The molecule has 0 aromatic heterocycles. The normalized spacial score (nSPS) is 16.9. The summed E-state index contributed by atoms with van der Waals surface area (Å²) in [6, 6.07) is 0.164. The molecule has 1 aliphatic rings. The van der Waals surface area contributed by atoms with Gasteiger partial charge in [0, 0.05) is 49.1 Å². The Morgan fingerprint density at radius 1 is 1.11 bits per heavy atom. The summed E-state index contributed by atoms with van der Waals surface area (Å²) in [6.07, 6.45) is -0.846. The van der Waals surface area contributed by atoms with Crippen LogP contribution in [0.3, 0.4) is 0 Å². The molecule has 1 aromatic rings. The average Bonchev–Trinajstić information content (AvgIpc) is 2.70. The molecule has 0 fully saturated rings. The van der Waals surface area contributed by atoms with Gasteiger partial charge in [-0.3, -0.25) is 14.4 Å². The first-order valence-electron chi connectivity index (χ1n) is 10.8. The molecule has 12 heteroatoms. The zero-order chi connectivity index (χ0) is 26.3. The molecule has 0 saturated heterocycles. The molecule has 0 aliphatic carbocycles. The molecule has 35 heavy (non-hydrogen) atoms. The number of cyclic esters (lactones) is 1. The van der Waals surface area contributed by atoms with E-state index in [-0.39, 0.29) is 29.4 Å². The van der Waals surface area contributed by atoms with Gasteiger partial charge >= 0.3 is 24.0 Å². The Morgan fingerprint density at radius 3 is 2.34 bits per heavy atom.